The number of aromatic hydroxyl groups is 1. The average Bonchev–Trinajstić information content (AvgIpc) is 3.96. The average molecular weight is 755 g/mol. The number of phenols is 1. The first-order valence-corrected chi connectivity index (χ1v) is 17.8. The molecule has 3 aromatic heterocycles. The summed E-state index contributed by atoms with van der Waals surface area (Å²) in [5.74, 6) is -1.02. The molecule has 0 aliphatic carbocycles. The molecule has 8 N–H and O–H groups in total. The van der Waals surface area contributed by atoms with Crippen LogP contribution in [0.4, 0.5) is 5.82 Å². The Morgan fingerprint density at radius 1 is 1.18 bits per heavy atom. The minimum Gasteiger partial charge on any atom is -0.507 e. The number of ether oxygens (including phenoxy) is 3. The Kier molecular flexibility index (Phi) is 10.4. The van der Waals surface area contributed by atoms with E-state index in [0.717, 1.165) is 27.6 Å². The minimum atomic E-state index is -1.37. The molecule has 2 aliphatic heterocycles. The lowest BCUT2D eigenvalue weighted by Gasteiger charge is -2.21. The van der Waals surface area contributed by atoms with Crippen LogP contribution in [-0.2, 0) is 38.5 Å². The molecule has 0 radical (unpaired) electrons. The molecule has 2 aromatic carbocycles. The van der Waals surface area contributed by atoms with E-state index in [2.05, 4.69) is 30.6 Å². The fourth-order valence-corrected chi connectivity index (χ4v) is 7.22. The number of phenolic OH excluding ortho intramolecular Hbond substituents is 1. The van der Waals surface area contributed by atoms with Crippen molar-refractivity contribution in [1.29, 1.82) is 0 Å². The number of imidazole rings is 1. The van der Waals surface area contributed by atoms with Gasteiger partial charge in [0.15, 0.2) is 17.7 Å². The summed E-state index contributed by atoms with van der Waals surface area (Å²) in [5, 5.41) is 39.3. The minimum absolute atomic E-state index is 0.0594. The molecule has 288 valence electrons. The topological polar surface area (TPSA) is 249 Å². The first-order chi connectivity index (χ1) is 26.5. The number of allylic oxidation sites excluding steroid dienone is 2. The fraction of sp³-hybridized carbons (Fsp3) is 0.368. The van der Waals surface area contributed by atoms with E-state index in [1.807, 2.05) is 44.2 Å². The number of aliphatic hydroxyl groups is 2. The number of benzene rings is 2. The van der Waals surface area contributed by atoms with Crippen LogP contribution in [0.5, 0.6) is 11.5 Å². The molecule has 0 bridgehead atoms. The number of aromatic amines is 1. The van der Waals surface area contributed by atoms with Crippen molar-refractivity contribution in [2.24, 2.45) is 0 Å². The van der Waals surface area contributed by atoms with Crippen LogP contribution in [0.25, 0.3) is 22.1 Å². The van der Waals surface area contributed by atoms with E-state index in [9.17, 15) is 29.7 Å². The van der Waals surface area contributed by atoms with Crippen molar-refractivity contribution in [2.75, 3.05) is 19.4 Å². The van der Waals surface area contributed by atoms with Gasteiger partial charge in [0.25, 0.3) is 0 Å². The summed E-state index contributed by atoms with van der Waals surface area (Å²) in [6.45, 7) is 3.56. The van der Waals surface area contributed by atoms with Crippen molar-refractivity contribution in [2.45, 2.75) is 76.7 Å². The molecule has 1 saturated heterocycles. The maximum absolute atomic E-state index is 13.8. The van der Waals surface area contributed by atoms with Crippen LogP contribution in [0, 0.1) is 6.92 Å². The molecule has 0 saturated carbocycles. The Morgan fingerprint density at radius 2 is 1.98 bits per heavy atom. The van der Waals surface area contributed by atoms with Gasteiger partial charge >= 0.3 is 5.97 Å². The third kappa shape index (κ3) is 7.16. The van der Waals surface area contributed by atoms with Crippen molar-refractivity contribution in [3.05, 3.63) is 82.6 Å². The van der Waals surface area contributed by atoms with Crippen molar-refractivity contribution >= 4 is 45.7 Å². The van der Waals surface area contributed by atoms with Crippen molar-refractivity contribution in [3.8, 4) is 11.5 Å². The monoisotopic (exact) mass is 754 g/mol. The number of H-pyrrole nitrogens is 1. The highest BCUT2D eigenvalue weighted by Gasteiger charge is 2.44. The van der Waals surface area contributed by atoms with Crippen LogP contribution in [0.3, 0.4) is 0 Å². The molecular formula is C38H42N8O9. The lowest BCUT2D eigenvalue weighted by Crippen LogP contribution is -2.50. The Labute approximate surface area is 314 Å². The number of carbonyl (C=O) groups excluding carboxylic acids is 3. The predicted octanol–water partition coefficient (Wildman–Crippen LogP) is 2.01. The van der Waals surface area contributed by atoms with Gasteiger partial charge in [-0.2, -0.15) is 0 Å². The number of nitrogens with one attached hydrogen (secondary N) is 3. The second-order valence-electron chi connectivity index (χ2n) is 13.7. The van der Waals surface area contributed by atoms with Gasteiger partial charge in [-0.05, 0) is 43.9 Å². The van der Waals surface area contributed by atoms with Crippen LogP contribution >= 0.6 is 0 Å². The number of hydrogen-bond donors (Lipinski definition) is 7. The van der Waals surface area contributed by atoms with E-state index in [1.54, 1.807) is 6.20 Å². The molecular weight excluding hydrogens is 712 g/mol. The summed E-state index contributed by atoms with van der Waals surface area (Å²) in [6.07, 6.45) is 2.30. The largest absolute Gasteiger partial charge is 0.507 e. The van der Waals surface area contributed by atoms with Crippen molar-refractivity contribution in [1.82, 2.24) is 35.1 Å². The first-order valence-electron chi connectivity index (χ1n) is 17.8. The number of aromatic nitrogens is 5. The Morgan fingerprint density at radius 3 is 2.78 bits per heavy atom. The van der Waals surface area contributed by atoms with Gasteiger partial charge in [-0.3, -0.25) is 14.2 Å². The zero-order valence-electron chi connectivity index (χ0n) is 30.4. The third-order valence-electron chi connectivity index (χ3n) is 10.3. The molecule has 5 heterocycles. The Hall–Kier alpha value is -6.04. The van der Waals surface area contributed by atoms with Gasteiger partial charge in [0.05, 0.1) is 13.4 Å². The highest BCUT2D eigenvalue weighted by molar-refractivity contribution is 5.98. The molecule has 5 aromatic rings. The van der Waals surface area contributed by atoms with Gasteiger partial charge in [0.1, 0.15) is 59.9 Å². The highest BCUT2D eigenvalue weighted by Crippen LogP contribution is 2.42. The van der Waals surface area contributed by atoms with E-state index in [0.29, 0.717) is 34.5 Å². The zero-order chi connectivity index (χ0) is 39.0. The number of carbonyl (C=O) groups is 3. The third-order valence-corrected chi connectivity index (χ3v) is 10.3. The molecule has 0 unspecified atom stereocenters. The molecule has 2 aliphatic rings. The lowest BCUT2D eigenvalue weighted by molar-refractivity contribution is -0.129. The number of amides is 2. The SMILES string of the molecule is COc1c(C)c2c(c(O)c1C/C=C(\C)CCC(=O)N[C@H](Cc1c[nH]c3ccccc13)C(=O)NC[C@H]1O[C@@H](n3cnc4c(N)ncnc43)[C@H](O)[C@@H]1O)C(=O)OC2. The van der Waals surface area contributed by atoms with Crippen LogP contribution < -0.4 is 21.1 Å². The second kappa shape index (κ2) is 15.4. The lowest BCUT2D eigenvalue weighted by atomic mass is 9.94. The van der Waals surface area contributed by atoms with Gasteiger partial charge in [-0.25, -0.2) is 19.7 Å². The predicted molar refractivity (Wildman–Crippen MR) is 198 cm³/mol. The number of nitrogens with two attached hydrogens (primary N) is 1. The number of rotatable bonds is 13. The number of esters is 1. The van der Waals surface area contributed by atoms with Crippen LogP contribution in [-0.4, -0.2) is 95.6 Å². The van der Waals surface area contributed by atoms with Gasteiger partial charge in [-0.15, -0.1) is 0 Å². The smallest absolute Gasteiger partial charge is 0.342 e. The summed E-state index contributed by atoms with van der Waals surface area (Å²) >= 11 is 0. The van der Waals surface area contributed by atoms with E-state index < -0.39 is 42.5 Å². The molecule has 17 nitrogen and oxygen atoms in total. The number of hydrogen-bond acceptors (Lipinski definition) is 13. The maximum Gasteiger partial charge on any atom is 0.342 e. The van der Waals surface area contributed by atoms with Gasteiger partial charge in [-0.1, -0.05) is 29.8 Å². The van der Waals surface area contributed by atoms with E-state index >= 15 is 0 Å². The van der Waals surface area contributed by atoms with Gasteiger partial charge in [0.2, 0.25) is 11.8 Å². The normalized spacial score (nSPS) is 20.1. The molecule has 55 heavy (non-hydrogen) atoms. The molecule has 5 atom stereocenters. The number of fused-ring (bicyclic) bond motifs is 3. The number of cyclic esters (lactones) is 1. The van der Waals surface area contributed by atoms with Crippen LogP contribution in [0.1, 0.15) is 58.6 Å². The zero-order valence-corrected chi connectivity index (χ0v) is 30.4. The Bertz CT molecular complexity index is 2320. The summed E-state index contributed by atoms with van der Waals surface area (Å²) < 4.78 is 18.2. The highest BCUT2D eigenvalue weighted by atomic mass is 16.6. The van der Waals surface area contributed by atoms with Crippen LogP contribution in [0.15, 0.2) is 54.8 Å². The number of para-hydroxylation sites is 1. The molecule has 2 amide bonds. The summed E-state index contributed by atoms with van der Waals surface area (Å²) in [4.78, 5) is 55.0. The number of aliphatic hydroxyl groups excluding tert-OH is 2. The molecule has 0 spiro atoms. The number of anilines is 1. The number of nitrogen functional groups attached to an aromatic ring is 1. The van der Waals surface area contributed by atoms with E-state index in [4.69, 9.17) is 19.9 Å². The molecule has 1 fully saturated rings. The van der Waals surface area contributed by atoms with E-state index in [-0.39, 0.29) is 55.5 Å². The summed E-state index contributed by atoms with van der Waals surface area (Å²) in [5.41, 5.74) is 11.0. The van der Waals surface area contributed by atoms with Crippen molar-refractivity contribution < 1.29 is 43.9 Å². The fourth-order valence-electron chi connectivity index (χ4n) is 7.22. The maximum atomic E-state index is 13.8. The second-order valence-corrected chi connectivity index (χ2v) is 13.7. The Balaban J connectivity index is 1.02. The summed E-state index contributed by atoms with van der Waals surface area (Å²) in [6, 6.07) is 6.62. The van der Waals surface area contributed by atoms with Crippen LogP contribution in [0.2, 0.25) is 0 Å². The van der Waals surface area contributed by atoms with Gasteiger partial charge in [0, 0.05) is 47.6 Å². The number of methoxy groups -OCH3 is 1. The quantitative estimate of drug-likeness (QED) is 0.0672. The standard InChI is InChI=1S/C38H42N8O9/c1-18(8-10-22-30(48)28-23(15-54-38(28)52)19(2)33(22)53-3)9-11-27(47)45-25(12-20-13-40-24-7-5-4-6-21(20)24)36(51)41-14-26-31(49)32(50)37(55-26)46-17-44-29-34(39)42-16-43-35(29)46/h4-8,13,16-17,25-26,31-32,37,40,48-50H,9-12,14-15H2,1-3H3,(H,41,51)(H,45,47)(H2,39,42,43)/b18-8+/t25-,26-,31-,32-,37-/m1/s1. The number of nitrogens with zero attached hydrogens (tertiary/aromatic N) is 4. The summed E-state index contributed by atoms with van der Waals surface area (Å²) in [7, 11) is 1.50. The van der Waals surface area contributed by atoms with Crippen molar-refractivity contribution in [3.63, 3.8) is 0 Å². The molecule has 7 rings (SSSR count). The van der Waals surface area contributed by atoms with Gasteiger partial charge < -0.3 is 50.9 Å². The van der Waals surface area contributed by atoms with E-state index in [1.165, 1.54) is 24.3 Å². The first kappa shape index (κ1) is 37.3. The molecule has 17 heteroatoms.